The van der Waals surface area contributed by atoms with Crippen molar-refractivity contribution in [3.05, 3.63) is 23.8 Å². The number of aromatic hydroxyl groups is 1. The molecule has 0 saturated carbocycles. The number of carbonyl (C=O) groups excluding carboxylic acids is 1. The Morgan fingerprint density at radius 2 is 2.27 bits per heavy atom. The number of carbonyl (C=O) groups is 1. The zero-order valence-electron chi connectivity index (χ0n) is 8.56. The maximum atomic E-state index is 10.9. The van der Waals surface area contributed by atoms with E-state index >= 15 is 0 Å². The summed E-state index contributed by atoms with van der Waals surface area (Å²) in [5.74, 6) is 0.384. The molecule has 80 valence electrons. The second-order valence-electron chi connectivity index (χ2n) is 3.58. The van der Waals surface area contributed by atoms with Crippen LogP contribution in [0.15, 0.2) is 18.2 Å². The average Bonchev–Trinajstić information content (AvgIpc) is 2.41. The van der Waals surface area contributed by atoms with Gasteiger partial charge in [0, 0.05) is 18.6 Å². The van der Waals surface area contributed by atoms with Gasteiger partial charge in [0.15, 0.2) is 6.10 Å². The van der Waals surface area contributed by atoms with Crippen molar-refractivity contribution in [1.29, 1.82) is 0 Å². The smallest absolute Gasteiger partial charge is 0.303 e. The lowest BCUT2D eigenvalue weighted by molar-refractivity contribution is -0.149. The molecule has 2 rings (SSSR count). The maximum absolute atomic E-state index is 10.9. The van der Waals surface area contributed by atoms with Crippen molar-refractivity contribution in [2.24, 2.45) is 0 Å². The standard InChI is InChI=1S/C11H12O4/c1-6-11(15-7(2)12)9-4-3-8(13)5-10(9)14-6/h3-6,11,13H,1-2H3. The van der Waals surface area contributed by atoms with Crippen molar-refractivity contribution in [2.45, 2.75) is 26.1 Å². The van der Waals surface area contributed by atoms with Crippen molar-refractivity contribution in [3.63, 3.8) is 0 Å². The number of hydrogen-bond donors (Lipinski definition) is 1. The van der Waals surface area contributed by atoms with Crippen LogP contribution in [0.3, 0.4) is 0 Å². The normalized spacial score (nSPS) is 23.1. The Morgan fingerprint density at radius 3 is 2.93 bits per heavy atom. The van der Waals surface area contributed by atoms with E-state index in [9.17, 15) is 9.90 Å². The number of benzene rings is 1. The lowest BCUT2D eigenvalue weighted by Crippen LogP contribution is -2.18. The van der Waals surface area contributed by atoms with E-state index in [-0.39, 0.29) is 23.9 Å². The van der Waals surface area contributed by atoms with E-state index in [1.165, 1.54) is 13.0 Å². The van der Waals surface area contributed by atoms with Gasteiger partial charge in [-0.15, -0.1) is 0 Å². The van der Waals surface area contributed by atoms with E-state index in [4.69, 9.17) is 9.47 Å². The largest absolute Gasteiger partial charge is 0.508 e. The molecule has 0 aromatic heterocycles. The van der Waals surface area contributed by atoms with Crippen LogP contribution in [0.5, 0.6) is 11.5 Å². The molecule has 0 radical (unpaired) electrons. The van der Waals surface area contributed by atoms with Crippen molar-refractivity contribution in [3.8, 4) is 11.5 Å². The third-order valence-electron chi connectivity index (χ3n) is 2.34. The van der Waals surface area contributed by atoms with Crippen LogP contribution in [-0.4, -0.2) is 17.2 Å². The molecule has 1 aromatic carbocycles. The van der Waals surface area contributed by atoms with Gasteiger partial charge in [0.1, 0.15) is 17.6 Å². The molecular formula is C11H12O4. The quantitative estimate of drug-likeness (QED) is 0.715. The fourth-order valence-electron chi connectivity index (χ4n) is 1.71. The molecule has 15 heavy (non-hydrogen) atoms. The second kappa shape index (κ2) is 3.46. The Labute approximate surface area is 87.4 Å². The summed E-state index contributed by atoms with van der Waals surface area (Å²) in [4.78, 5) is 10.9. The Balaban J connectivity index is 2.33. The van der Waals surface area contributed by atoms with Gasteiger partial charge < -0.3 is 14.6 Å². The minimum atomic E-state index is -0.377. The Hall–Kier alpha value is -1.71. The van der Waals surface area contributed by atoms with Crippen molar-refractivity contribution < 1.29 is 19.4 Å². The molecule has 1 aromatic rings. The predicted molar refractivity (Wildman–Crippen MR) is 52.7 cm³/mol. The molecule has 1 aliphatic heterocycles. The van der Waals surface area contributed by atoms with Gasteiger partial charge in [-0.2, -0.15) is 0 Å². The lowest BCUT2D eigenvalue weighted by atomic mass is 10.1. The first-order valence-electron chi connectivity index (χ1n) is 4.74. The molecule has 1 aliphatic rings. The highest BCUT2D eigenvalue weighted by Crippen LogP contribution is 2.40. The molecule has 0 bridgehead atoms. The summed E-state index contributed by atoms with van der Waals surface area (Å²) in [7, 11) is 0. The molecule has 0 aliphatic carbocycles. The van der Waals surface area contributed by atoms with Crippen LogP contribution in [0.25, 0.3) is 0 Å². The third kappa shape index (κ3) is 1.75. The molecule has 0 spiro atoms. The van der Waals surface area contributed by atoms with Crippen LogP contribution < -0.4 is 4.74 Å². The monoisotopic (exact) mass is 208 g/mol. The van der Waals surface area contributed by atoms with Gasteiger partial charge in [-0.3, -0.25) is 4.79 Å². The van der Waals surface area contributed by atoms with Crippen LogP contribution in [0.2, 0.25) is 0 Å². The van der Waals surface area contributed by atoms with Crippen LogP contribution in [0.1, 0.15) is 25.5 Å². The molecule has 1 heterocycles. The number of esters is 1. The SMILES string of the molecule is CC(=O)OC1c2ccc(O)cc2OC1C. The Bertz CT molecular complexity index is 400. The van der Waals surface area contributed by atoms with E-state index in [1.807, 2.05) is 6.92 Å². The molecule has 0 amide bonds. The first-order chi connectivity index (χ1) is 7.08. The molecule has 4 nitrogen and oxygen atoms in total. The fourth-order valence-corrected chi connectivity index (χ4v) is 1.71. The van der Waals surface area contributed by atoms with E-state index in [1.54, 1.807) is 12.1 Å². The summed E-state index contributed by atoms with van der Waals surface area (Å²) in [5.41, 5.74) is 0.801. The molecule has 2 atom stereocenters. The first kappa shape index (κ1) is 9.83. The topological polar surface area (TPSA) is 55.8 Å². The Kier molecular flexibility index (Phi) is 2.26. The highest BCUT2D eigenvalue weighted by atomic mass is 16.6. The Morgan fingerprint density at radius 1 is 1.53 bits per heavy atom. The number of ether oxygens (including phenoxy) is 2. The second-order valence-corrected chi connectivity index (χ2v) is 3.58. The highest BCUT2D eigenvalue weighted by molar-refractivity contribution is 5.66. The lowest BCUT2D eigenvalue weighted by Gasteiger charge is -2.14. The zero-order valence-corrected chi connectivity index (χ0v) is 8.56. The highest BCUT2D eigenvalue weighted by Gasteiger charge is 2.33. The van der Waals surface area contributed by atoms with E-state index < -0.39 is 0 Å². The zero-order chi connectivity index (χ0) is 11.0. The fraction of sp³-hybridized carbons (Fsp3) is 0.364. The van der Waals surface area contributed by atoms with Crippen LogP contribution in [0, 0.1) is 0 Å². The molecule has 0 fully saturated rings. The van der Waals surface area contributed by atoms with E-state index in [2.05, 4.69) is 0 Å². The number of phenolic OH excluding ortho intramolecular Hbond substituents is 1. The summed E-state index contributed by atoms with van der Waals surface area (Å²) in [6.07, 6.45) is -0.594. The van der Waals surface area contributed by atoms with Crippen molar-refractivity contribution >= 4 is 5.97 Å². The van der Waals surface area contributed by atoms with Crippen LogP contribution >= 0.6 is 0 Å². The number of phenols is 1. The predicted octanol–water partition coefficient (Wildman–Crippen LogP) is 1.78. The van der Waals surface area contributed by atoms with Crippen molar-refractivity contribution in [2.75, 3.05) is 0 Å². The summed E-state index contributed by atoms with van der Waals surface area (Å²) >= 11 is 0. The molecular weight excluding hydrogens is 196 g/mol. The van der Waals surface area contributed by atoms with Gasteiger partial charge in [0.25, 0.3) is 0 Å². The minimum absolute atomic E-state index is 0.143. The molecule has 0 saturated heterocycles. The summed E-state index contributed by atoms with van der Waals surface area (Å²) in [5, 5.41) is 9.26. The summed E-state index contributed by atoms with van der Waals surface area (Å²) in [6, 6.07) is 4.79. The summed E-state index contributed by atoms with van der Waals surface area (Å²) in [6.45, 7) is 3.19. The third-order valence-corrected chi connectivity index (χ3v) is 2.34. The van der Waals surface area contributed by atoms with E-state index in [0.29, 0.717) is 5.75 Å². The van der Waals surface area contributed by atoms with Gasteiger partial charge in [-0.05, 0) is 19.1 Å². The number of rotatable bonds is 1. The first-order valence-corrected chi connectivity index (χ1v) is 4.74. The van der Waals surface area contributed by atoms with E-state index in [0.717, 1.165) is 5.56 Å². The molecule has 1 N–H and O–H groups in total. The van der Waals surface area contributed by atoms with Crippen LogP contribution in [0.4, 0.5) is 0 Å². The van der Waals surface area contributed by atoms with Crippen molar-refractivity contribution in [1.82, 2.24) is 0 Å². The van der Waals surface area contributed by atoms with Gasteiger partial charge in [0.05, 0.1) is 0 Å². The summed E-state index contributed by atoms with van der Waals surface area (Å²) < 4.78 is 10.6. The van der Waals surface area contributed by atoms with Gasteiger partial charge in [0.2, 0.25) is 0 Å². The molecule has 4 heteroatoms. The van der Waals surface area contributed by atoms with Gasteiger partial charge in [-0.25, -0.2) is 0 Å². The number of fused-ring (bicyclic) bond motifs is 1. The van der Waals surface area contributed by atoms with Crippen LogP contribution in [-0.2, 0) is 9.53 Å². The minimum Gasteiger partial charge on any atom is -0.508 e. The van der Waals surface area contributed by atoms with Gasteiger partial charge >= 0.3 is 5.97 Å². The maximum Gasteiger partial charge on any atom is 0.303 e. The molecule has 2 unspecified atom stereocenters. The number of hydrogen-bond acceptors (Lipinski definition) is 4. The van der Waals surface area contributed by atoms with Gasteiger partial charge in [-0.1, -0.05) is 0 Å². The average molecular weight is 208 g/mol.